The topological polar surface area (TPSA) is 45.6 Å². The highest BCUT2D eigenvalue weighted by Crippen LogP contribution is 2.18. The van der Waals surface area contributed by atoms with Crippen LogP contribution in [-0.2, 0) is 4.74 Å². The van der Waals surface area contributed by atoms with Gasteiger partial charge in [-0.3, -0.25) is 0 Å². The lowest BCUT2D eigenvalue weighted by Gasteiger charge is -2.21. The van der Waals surface area contributed by atoms with E-state index in [9.17, 15) is 9.50 Å². The SMILES string of the molecule is COC[C@@H](O)CN(C)c1ccc2ccc(F)cc2n1. The van der Waals surface area contributed by atoms with Crippen LogP contribution in [0.1, 0.15) is 0 Å². The number of benzene rings is 1. The van der Waals surface area contributed by atoms with Gasteiger partial charge >= 0.3 is 0 Å². The number of aliphatic hydroxyl groups is 1. The first-order valence-electron chi connectivity index (χ1n) is 6.04. The third kappa shape index (κ3) is 3.39. The van der Waals surface area contributed by atoms with Gasteiger partial charge in [0.05, 0.1) is 18.2 Å². The van der Waals surface area contributed by atoms with E-state index in [1.807, 2.05) is 24.1 Å². The molecule has 4 nitrogen and oxygen atoms in total. The van der Waals surface area contributed by atoms with Gasteiger partial charge in [-0.05, 0) is 24.3 Å². The largest absolute Gasteiger partial charge is 0.389 e. The molecule has 102 valence electrons. The molecule has 1 heterocycles. The molecule has 0 aliphatic carbocycles. The number of ether oxygens (including phenoxy) is 1. The van der Waals surface area contributed by atoms with Gasteiger partial charge < -0.3 is 14.7 Å². The van der Waals surface area contributed by atoms with E-state index in [4.69, 9.17) is 4.74 Å². The molecular formula is C14H17FN2O2. The molecule has 1 N–H and O–H groups in total. The lowest BCUT2D eigenvalue weighted by molar-refractivity contribution is 0.0694. The minimum Gasteiger partial charge on any atom is -0.389 e. The molecule has 0 amide bonds. The monoisotopic (exact) mass is 264 g/mol. The first-order chi connectivity index (χ1) is 9.10. The van der Waals surface area contributed by atoms with Crippen molar-refractivity contribution in [1.29, 1.82) is 0 Å². The predicted octanol–water partition coefficient (Wildman–Crippen LogP) is 1.82. The molecule has 0 saturated carbocycles. The van der Waals surface area contributed by atoms with Crippen molar-refractivity contribution in [3.63, 3.8) is 0 Å². The molecule has 1 atom stereocenters. The molecule has 0 aliphatic heterocycles. The summed E-state index contributed by atoms with van der Waals surface area (Å²) in [6.07, 6.45) is -0.583. The van der Waals surface area contributed by atoms with Crippen LogP contribution >= 0.6 is 0 Å². The van der Waals surface area contributed by atoms with Crippen LogP contribution < -0.4 is 4.90 Å². The number of anilines is 1. The van der Waals surface area contributed by atoms with E-state index >= 15 is 0 Å². The van der Waals surface area contributed by atoms with Crippen LogP contribution in [0.4, 0.5) is 10.2 Å². The molecule has 5 heteroatoms. The van der Waals surface area contributed by atoms with Crippen molar-refractivity contribution in [1.82, 2.24) is 4.98 Å². The van der Waals surface area contributed by atoms with Gasteiger partial charge in [0, 0.05) is 32.2 Å². The van der Waals surface area contributed by atoms with Crippen LogP contribution in [0.2, 0.25) is 0 Å². The van der Waals surface area contributed by atoms with Gasteiger partial charge in [0.2, 0.25) is 0 Å². The summed E-state index contributed by atoms with van der Waals surface area (Å²) in [7, 11) is 3.37. The number of likely N-dealkylation sites (N-methyl/N-ethyl adjacent to an activating group) is 1. The highest BCUT2D eigenvalue weighted by Gasteiger charge is 2.10. The number of nitrogens with zero attached hydrogens (tertiary/aromatic N) is 2. The molecule has 2 aromatic rings. The number of halogens is 1. The van der Waals surface area contributed by atoms with Gasteiger partial charge in [-0.1, -0.05) is 0 Å². The van der Waals surface area contributed by atoms with Crippen LogP contribution in [0, 0.1) is 5.82 Å². The van der Waals surface area contributed by atoms with Gasteiger partial charge in [-0.15, -0.1) is 0 Å². The minimum absolute atomic E-state index is 0.270. The summed E-state index contributed by atoms with van der Waals surface area (Å²) in [4.78, 5) is 6.20. The van der Waals surface area contributed by atoms with E-state index in [1.165, 1.54) is 12.1 Å². The lowest BCUT2D eigenvalue weighted by Crippen LogP contribution is -2.32. The average molecular weight is 264 g/mol. The van der Waals surface area contributed by atoms with E-state index in [1.54, 1.807) is 13.2 Å². The molecule has 1 aromatic carbocycles. The smallest absolute Gasteiger partial charge is 0.129 e. The third-order valence-corrected chi connectivity index (χ3v) is 2.87. The van der Waals surface area contributed by atoms with Crippen molar-refractivity contribution >= 4 is 16.7 Å². The molecule has 0 aliphatic rings. The van der Waals surface area contributed by atoms with Crippen molar-refractivity contribution in [3.05, 3.63) is 36.1 Å². The van der Waals surface area contributed by atoms with Crippen molar-refractivity contribution in [3.8, 4) is 0 Å². The number of rotatable bonds is 5. The zero-order valence-electron chi connectivity index (χ0n) is 11.0. The van der Waals surface area contributed by atoms with Gasteiger partial charge in [0.1, 0.15) is 11.6 Å². The van der Waals surface area contributed by atoms with Crippen LogP contribution in [0.5, 0.6) is 0 Å². The van der Waals surface area contributed by atoms with Gasteiger partial charge in [0.15, 0.2) is 0 Å². The second-order valence-corrected chi connectivity index (χ2v) is 4.50. The number of fused-ring (bicyclic) bond motifs is 1. The summed E-state index contributed by atoms with van der Waals surface area (Å²) >= 11 is 0. The summed E-state index contributed by atoms with van der Waals surface area (Å²) in [6.45, 7) is 0.675. The van der Waals surface area contributed by atoms with Crippen molar-refractivity contribution in [2.75, 3.05) is 32.2 Å². The Balaban J connectivity index is 2.20. The summed E-state index contributed by atoms with van der Waals surface area (Å²) in [6, 6.07) is 8.24. The molecule has 0 unspecified atom stereocenters. The zero-order chi connectivity index (χ0) is 13.8. The third-order valence-electron chi connectivity index (χ3n) is 2.87. The second kappa shape index (κ2) is 5.95. The Morgan fingerprint density at radius 3 is 2.84 bits per heavy atom. The standard InChI is InChI=1S/C14H17FN2O2/c1-17(8-12(18)9-19-2)14-6-4-10-3-5-11(15)7-13(10)16-14/h3-7,12,18H,8-9H2,1-2H3/t12-/m0/s1. The van der Waals surface area contributed by atoms with Crippen molar-refractivity contribution < 1.29 is 14.2 Å². The Bertz CT molecular complexity index is 562. The first-order valence-corrected chi connectivity index (χ1v) is 6.04. The van der Waals surface area contributed by atoms with E-state index in [-0.39, 0.29) is 12.4 Å². The van der Waals surface area contributed by atoms with E-state index < -0.39 is 6.10 Å². The molecule has 2 rings (SSSR count). The Morgan fingerprint density at radius 1 is 1.37 bits per heavy atom. The fourth-order valence-corrected chi connectivity index (χ4v) is 1.95. The lowest BCUT2D eigenvalue weighted by atomic mass is 10.2. The predicted molar refractivity (Wildman–Crippen MR) is 72.9 cm³/mol. The molecule has 0 bridgehead atoms. The maximum Gasteiger partial charge on any atom is 0.129 e. The molecule has 0 saturated heterocycles. The Hall–Kier alpha value is -1.72. The number of hydrogen-bond donors (Lipinski definition) is 1. The van der Waals surface area contributed by atoms with Gasteiger partial charge in [-0.2, -0.15) is 0 Å². The van der Waals surface area contributed by atoms with Crippen LogP contribution in [0.3, 0.4) is 0 Å². The highest BCUT2D eigenvalue weighted by atomic mass is 19.1. The summed E-state index contributed by atoms with van der Waals surface area (Å²) in [5, 5.41) is 10.6. The van der Waals surface area contributed by atoms with E-state index in [2.05, 4.69) is 4.98 Å². The Morgan fingerprint density at radius 2 is 2.11 bits per heavy atom. The van der Waals surface area contributed by atoms with Crippen LogP contribution in [-0.4, -0.2) is 43.5 Å². The molecular weight excluding hydrogens is 247 g/mol. The molecule has 1 aromatic heterocycles. The minimum atomic E-state index is -0.583. The molecule has 0 spiro atoms. The second-order valence-electron chi connectivity index (χ2n) is 4.50. The average Bonchev–Trinajstić information content (AvgIpc) is 2.38. The van der Waals surface area contributed by atoms with Crippen LogP contribution in [0.25, 0.3) is 10.9 Å². The van der Waals surface area contributed by atoms with Crippen molar-refractivity contribution in [2.24, 2.45) is 0 Å². The van der Waals surface area contributed by atoms with Crippen molar-refractivity contribution in [2.45, 2.75) is 6.10 Å². The number of pyridine rings is 1. The van der Waals surface area contributed by atoms with E-state index in [0.717, 1.165) is 5.39 Å². The first kappa shape index (κ1) is 13.7. The van der Waals surface area contributed by atoms with Gasteiger partial charge in [0.25, 0.3) is 0 Å². The quantitative estimate of drug-likeness (QED) is 0.894. The molecule has 0 radical (unpaired) electrons. The number of methoxy groups -OCH3 is 1. The Labute approximate surface area is 111 Å². The zero-order valence-corrected chi connectivity index (χ0v) is 11.0. The summed E-state index contributed by atoms with van der Waals surface area (Å²) in [5.74, 6) is 0.382. The number of aromatic nitrogens is 1. The fraction of sp³-hybridized carbons (Fsp3) is 0.357. The van der Waals surface area contributed by atoms with Crippen LogP contribution in [0.15, 0.2) is 30.3 Å². The number of hydrogen-bond acceptors (Lipinski definition) is 4. The Kier molecular flexibility index (Phi) is 4.29. The highest BCUT2D eigenvalue weighted by molar-refractivity contribution is 5.80. The summed E-state index contributed by atoms with van der Waals surface area (Å²) < 4.78 is 18.0. The molecule has 0 fully saturated rings. The maximum atomic E-state index is 13.2. The van der Waals surface area contributed by atoms with Gasteiger partial charge in [-0.25, -0.2) is 9.37 Å². The normalized spacial score (nSPS) is 12.6. The fourth-order valence-electron chi connectivity index (χ4n) is 1.95. The maximum absolute atomic E-state index is 13.2. The summed E-state index contributed by atoms with van der Waals surface area (Å²) in [5.41, 5.74) is 0.602. The van der Waals surface area contributed by atoms with E-state index in [0.29, 0.717) is 17.9 Å². The number of aliphatic hydroxyl groups excluding tert-OH is 1. The molecule has 19 heavy (non-hydrogen) atoms.